The number of ether oxygens (including phenoxy) is 1. The maximum Gasteiger partial charge on any atom is 0.255 e. The second-order valence-corrected chi connectivity index (χ2v) is 13.9. The van der Waals surface area contributed by atoms with Crippen LogP contribution in [0.3, 0.4) is 0 Å². The molecule has 0 fully saturated rings. The van der Waals surface area contributed by atoms with Gasteiger partial charge in [-0.1, -0.05) is 64.1 Å². The number of aryl methyl sites for hydroxylation is 2. The highest BCUT2D eigenvalue weighted by Gasteiger charge is 2.23. The van der Waals surface area contributed by atoms with E-state index in [1.807, 2.05) is 52.8 Å². The Kier molecular flexibility index (Phi) is 10.1. The third-order valence-electron chi connectivity index (χ3n) is 7.46. The van der Waals surface area contributed by atoms with Crippen LogP contribution in [0.4, 0.5) is 17.1 Å². The van der Waals surface area contributed by atoms with Gasteiger partial charge in [-0.2, -0.15) is 0 Å². The molecule has 0 unspecified atom stereocenters. The molecule has 12 heteroatoms. The summed E-state index contributed by atoms with van der Waals surface area (Å²) in [5.41, 5.74) is 11.5. The van der Waals surface area contributed by atoms with Crippen LogP contribution in [0.2, 0.25) is 0 Å². The molecule has 4 rings (SSSR count). The molecule has 6 N–H and O–H groups in total. The number of carbonyl (C=O) groups excluding carboxylic acids is 1. The molecule has 0 aliphatic heterocycles. The van der Waals surface area contributed by atoms with E-state index in [-0.39, 0.29) is 16.9 Å². The lowest BCUT2D eigenvalue weighted by Gasteiger charge is -2.24. The van der Waals surface area contributed by atoms with Crippen LogP contribution in [-0.2, 0) is 28.4 Å². The molecule has 0 spiro atoms. The first-order chi connectivity index (χ1) is 21.6. The number of anilines is 3. The van der Waals surface area contributed by atoms with Crippen LogP contribution in [0.5, 0.6) is 5.75 Å². The summed E-state index contributed by atoms with van der Waals surface area (Å²) < 4.78 is 34.3. The van der Waals surface area contributed by atoms with Gasteiger partial charge >= 0.3 is 0 Å². The number of hydrogen-bond donors (Lipinski definition) is 4. The highest BCUT2D eigenvalue weighted by Crippen LogP contribution is 2.39. The molecule has 1 amide bonds. The summed E-state index contributed by atoms with van der Waals surface area (Å²) in [7, 11) is -2.21. The molecule has 0 saturated heterocycles. The number of nitrogens with zero attached hydrogens (tertiary/aromatic N) is 3. The number of aromatic nitrogens is 2. The van der Waals surface area contributed by atoms with Crippen LogP contribution < -0.4 is 31.4 Å². The predicted molar refractivity (Wildman–Crippen MR) is 185 cm³/mol. The lowest BCUT2D eigenvalue weighted by Crippen LogP contribution is -2.27. The van der Waals surface area contributed by atoms with Crippen molar-refractivity contribution in [2.45, 2.75) is 53.0 Å². The number of hydrazine groups is 1. The van der Waals surface area contributed by atoms with Crippen molar-refractivity contribution in [3.05, 3.63) is 107 Å². The summed E-state index contributed by atoms with van der Waals surface area (Å²) in [5, 5.41) is 4.29. The van der Waals surface area contributed by atoms with Crippen LogP contribution in [0.25, 0.3) is 5.70 Å². The first kappa shape index (κ1) is 34.1. The molecule has 0 radical (unpaired) electrons. The number of nitrogens with one attached hydrogen (secondary N) is 2. The summed E-state index contributed by atoms with van der Waals surface area (Å²) in [6.07, 6.45) is 5.14. The van der Waals surface area contributed by atoms with Gasteiger partial charge in [0, 0.05) is 24.7 Å². The van der Waals surface area contributed by atoms with Crippen molar-refractivity contribution in [3.8, 4) is 5.75 Å². The molecule has 1 aromatic heterocycles. The van der Waals surface area contributed by atoms with Crippen LogP contribution >= 0.6 is 0 Å². The number of amides is 1. The van der Waals surface area contributed by atoms with Gasteiger partial charge in [0.1, 0.15) is 5.82 Å². The summed E-state index contributed by atoms with van der Waals surface area (Å²) in [4.78, 5) is 18.2. The average molecular weight is 646 g/mol. The van der Waals surface area contributed by atoms with E-state index in [0.29, 0.717) is 29.2 Å². The monoisotopic (exact) mass is 645 g/mol. The molecule has 11 nitrogen and oxygen atoms in total. The van der Waals surface area contributed by atoms with Gasteiger partial charge in [-0.15, -0.1) is 0 Å². The molecule has 0 aliphatic rings. The lowest BCUT2D eigenvalue weighted by atomic mass is 9.86. The second-order valence-electron chi connectivity index (χ2n) is 12.2. The fourth-order valence-corrected chi connectivity index (χ4v) is 5.58. The third kappa shape index (κ3) is 8.06. The van der Waals surface area contributed by atoms with Gasteiger partial charge in [0.2, 0.25) is 10.0 Å². The van der Waals surface area contributed by atoms with Crippen molar-refractivity contribution in [1.29, 1.82) is 0 Å². The Morgan fingerprint density at radius 2 is 1.76 bits per heavy atom. The predicted octanol–water partition coefficient (Wildman–Crippen LogP) is 5.37. The van der Waals surface area contributed by atoms with E-state index < -0.39 is 15.9 Å². The highest BCUT2D eigenvalue weighted by molar-refractivity contribution is 7.92. The van der Waals surface area contributed by atoms with Crippen molar-refractivity contribution in [3.63, 3.8) is 0 Å². The Balaban J connectivity index is 1.66. The summed E-state index contributed by atoms with van der Waals surface area (Å²) in [6, 6.07) is 18.7. The van der Waals surface area contributed by atoms with E-state index in [1.54, 1.807) is 42.7 Å². The fourth-order valence-electron chi connectivity index (χ4n) is 5.03. The number of nitrogens with two attached hydrogens (primary N) is 2. The highest BCUT2D eigenvalue weighted by atomic mass is 32.2. The first-order valence-electron chi connectivity index (χ1n) is 14.8. The number of methoxy groups -OCH3 is 1. The fraction of sp³-hybridized carbons (Fsp3) is 0.294. The molecule has 46 heavy (non-hydrogen) atoms. The topological polar surface area (TPSA) is 158 Å². The lowest BCUT2D eigenvalue weighted by molar-refractivity contribution is 0.102. The molecule has 4 aromatic rings. The Morgan fingerprint density at radius 1 is 1.09 bits per heavy atom. The van der Waals surface area contributed by atoms with E-state index in [2.05, 4.69) is 31.7 Å². The zero-order chi connectivity index (χ0) is 33.8. The van der Waals surface area contributed by atoms with E-state index >= 15 is 0 Å². The normalized spacial score (nSPS) is 12.1. The molecule has 0 saturated carbocycles. The molecular weight excluding hydrogens is 602 g/mol. The number of carbonyl (C=O) groups is 1. The zero-order valence-electron chi connectivity index (χ0n) is 27.4. The summed E-state index contributed by atoms with van der Waals surface area (Å²) >= 11 is 0. The van der Waals surface area contributed by atoms with Gasteiger partial charge in [-0.25, -0.2) is 19.2 Å². The van der Waals surface area contributed by atoms with E-state index in [1.165, 1.54) is 12.1 Å². The Hall–Kier alpha value is -4.81. The van der Waals surface area contributed by atoms with Gasteiger partial charge < -0.3 is 20.4 Å². The smallest absolute Gasteiger partial charge is 0.255 e. The zero-order valence-corrected chi connectivity index (χ0v) is 28.2. The van der Waals surface area contributed by atoms with Crippen molar-refractivity contribution >= 4 is 38.7 Å². The van der Waals surface area contributed by atoms with Gasteiger partial charge in [0.15, 0.2) is 5.75 Å². The first-order valence-corrected chi connectivity index (χ1v) is 16.7. The second kappa shape index (κ2) is 13.7. The number of sulfonamides is 1. The average Bonchev–Trinajstić information content (AvgIpc) is 3.39. The largest absolute Gasteiger partial charge is 0.492 e. The SMILES string of the molecule is CCc1ncc(/C(N)=C/N(N)c2cc(C(=O)Nc3cc(C(C)(C)C)cc(NS(C)(=O)=O)c3OC)ccc2C)n1Cc1ccccc1. The van der Waals surface area contributed by atoms with Crippen molar-refractivity contribution in [2.75, 3.05) is 28.4 Å². The Labute approximate surface area is 271 Å². The maximum absolute atomic E-state index is 13.6. The third-order valence-corrected chi connectivity index (χ3v) is 8.05. The summed E-state index contributed by atoms with van der Waals surface area (Å²) in [5.74, 6) is 7.17. The van der Waals surface area contributed by atoms with Crippen LogP contribution in [0, 0.1) is 6.92 Å². The maximum atomic E-state index is 13.6. The van der Waals surface area contributed by atoms with Gasteiger partial charge in [-0.3, -0.25) is 14.5 Å². The minimum Gasteiger partial charge on any atom is -0.492 e. The molecule has 0 bridgehead atoms. The molecular formula is C34H43N7O4S. The van der Waals surface area contributed by atoms with Crippen LogP contribution in [0.1, 0.15) is 66.3 Å². The van der Waals surface area contributed by atoms with Gasteiger partial charge in [0.05, 0.1) is 48.0 Å². The number of rotatable bonds is 11. The van der Waals surface area contributed by atoms with Gasteiger partial charge in [-0.05, 0) is 53.3 Å². The Morgan fingerprint density at radius 3 is 2.37 bits per heavy atom. The minimum absolute atomic E-state index is 0.189. The van der Waals surface area contributed by atoms with Crippen LogP contribution in [0.15, 0.2) is 73.1 Å². The molecule has 1 heterocycles. The molecule has 0 atom stereocenters. The molecule has 0 aliphatic carbocycles. The van der Waals surface area contributed by atoms with Crippen LogP contribution in [-0.4, -0.2) is 37.2 Å². The molecule has 244 valence electrons. The number of benzene rings is 3. The van der Waals surface area contributed by atoms with Crippen molar-refractivity contribution in [1.82, 2.24) is 9.55 Å². The van der Waals surface area contributed by atoms with E-state index in [4.69, 9.17) is 16.3 Å². The van der Waals surface area contributed by atoms with E-state index in [0.717, 1.165) is 40.9 Å². The molecule has 3 aromatic carbocycles. The van der Waals surface area contributed by atoms with Crippen molar-refractivity contribution in [2.24, 2.45) is 11.6 Å². The standard InChI is InChI=1S/C34H43N7O4S/c1-8-31-37-19-30(40(31)20-23-12-10-9-11-13-23)26(35)21-41(36)29-16-24(15-14-22(29)2)33(42)38-27-17-25(34(3,4)5)18-28(32(27)45-6)39-46(7,43)44/h9-19,21,39H,8,20,35-36H2,1-7H3,(H,38,42)/b26-21-. The van der Waals surface area contributed by atoms with Gasteiger partial charge in [0.25, 0.3) is 5.91 Å². The quantitative estimate of drug-likeness (QED) is 0.125. The minimum atomic E-state index is -3.62. The van der Waals surface area contributed by atoms with E-state index in [9.17, 15) is 13.2 Å². The Bertz CT molecular complexity index is 1860. The van der Waals surface area contributed by atoms with Crippen molar-refractivity contribution < 1.29 is 17.9 Å². The summed E-state index contributed by atoms with van der Waals surface area (Å²) in [6.45, 7) is 10.5. The number of hydrogen-bond acceptors (Lipinski definition) is 8. The number of imidazole rings is 1.